The van der Waals surface area contributed by atoms with E-state index in [1.807, 2.05) is 12.3 Å². The highest BCUT2D eigenvalue weighted by atomic mass is 127. The van der Waals surface area contributed by atoms with Crippen molar-refractivity contribution in [3.05, 3.63) is 28.2 Å². The van der Waals surface area contributed by atoms with Gasteiger partial charge in [-0.2, -0.15) is 10.1 Å². The van der Waals surface area contributed by atoms with Crippen LogP contribution in [-0.4, -0.2) is 26.3 Å². The molecule has 0 unspecified atom stereocenters. The van der Waals surface area contributed by atoms with Crippen LogP contribution in [0, 0.1) is 3.57 Å². The van der Waals surface area contributed by atoms with Gasteiger partial charge in [-0.3, -0.25) is 0 Å². The maximum Gasteiger partial charge on any atom is 0.224 e. The molecule has 0 fully saturated rings. The van der Waals surface area contributed by atoms with E-state index in [2.05, 4.69) is 49.9 Å². The molecule has 1 N–H and O–H groups in total. The van der Waals surface area contributed by atoms with Gasteiger partial charge < -0.3 is 5.32 Å². The second-order valence-electron chi connectivity index (χ2n) is 3.27. The summed E-state index contributed by atoms with van der Waals surface area (Å²) in [6, 6.07) is 1.83. The van der Waals surface area contributed by atoms with Gasteiger partial charge >= 0.3 is 0 Å². The van der Waals surface area contributed by atoms with Gasteiger partial charge in [0.25, 0.3) is 0 Å². The first-order chi connectivity index (χ1) is 7.79. The predicted octanol–water partition coefficient (Wildman–Crippen LogP) is 2.09. The van der Waals surface area contributed by atoms with Gasteiger partial charge in [0.15, 0.2) is 5.82 Å². The molecule has 2 aromatic rings. The molecule has 0 atom stereocenters. The van der Waals surface area contributed by atoms with Crippen LogP contribution >= 0.6 is 22.6 Å². The highest BCUT2D eigenvalue weighted by molar-refractivity contribution is 14.1. The average molecular weight is 329 g/mol. The molecule has 0 aromatic carbocycles. The van der Waals surface area contributed by atoms with Crippen molar-refractivity contribution >= 4 is 28.5 Å². The van der Waals surface area contributed by atoms with Gasteiger partial charge in [-0.1, -0.05) is 6.92 Å². The van der Waals surface area contributed by atoms with E-state index >= 15 is 0 Å². The SMILES string of the molecule is CCCNc1nccc(-n2cc(I)cn2)n1. The van der Waals surface area contributed by atoms with E-state index in [0.717, 1.165) is 22.4 Å². The summed E-state index contributed by atoms with van der Waals surface area (Å²) in [5, 5.41) is 7.34. The van der Waals surface area contributed by atoms with Crippen LogP contribution in [0.3, 0.4) is 0 Å². The van der Waals surface area contributed by atoms with Crippen molar-refractivity contribution in [2.75, 3.05) is 11.9 Å². The fourth-order valence-electron chi connectivity index (χ4n) is 1.22. The van der Waals surface area contributed by atoms with Gasteiger partial charge in [0.2, 0.25) is 5.95 Å². The summed E-state index contributed by atoms with van der Waals surface area (Å²) in [5.74, 6) is 1.42. The third-order valence-electron chi connectivity index (χ3n) is 1.96. The number of aromatic nitrogens is 4. The van der Waals surface area contributed by atoms with Crippen LogP contribution in [0.4, 0.5) is 5.95 Å². The minimum atomic E-state index is 0.643. The second-order valence-corrected chi connectivity index (χ2v) is 4.51. The Bertz CT molecular complexity index is 468. The third kappa shape index (κ3) is 2.69. The fraction of sp³-hybridized carbons (Fsp3) is 0.300. The molecule has 16 heavy (non-hydrogen) atoms. The lowest BCUT2D eigenvalue weighted by atomic mass is 10.5. The Labute approximate surface area is 107 Å². The van der Waals surface area contributed by atoms with Crippen molar-refractivity contribution in [1.82, 2.24) is 19.7 Å². The molecule has 0 amide bonds. The molecular weight excluding hydrogens is 317 g/mol. The lowest BCUT2D eigenvalue weighted by molar-refractivity contribution is 0.836. The standard InChI is InChI=1S/C10H12IN5/c1-2-4-12-10-13-5-3-9(15-10)16-7-8(11)6-14-16/h3,5-7H,2,4H2,1H3,(H,12,13,15). The van der Waals surface area contributed by atoms with Crippen LogP contribution in [0.5, 0.6) is 0 Å². The normalized spacial score (nSPS) is 10.4. The highest BCUT2D eigenvalue weighted by Gasteiger charge is 2.02. The monoisotopic (exact) mass is 329 g/mol. The van der Waals surface area contributed by atoms with Crippen LogP contribution in [0.2, 0.25) is 0 Å². The molecule has 0 saturated heterocycles. The van der Waals surface area contributed by atoms with E-state index in [1.165, 1.54) is 0 Å². The van der Waals surface area contributed by atoms with Crippen LogP contribution in [-0.2, 0) is 0 Å². The smallest absolute Gasteiger partial charge is 0.224 e. The van der Waals surface area contributed by atoms with E-state index in [-0.39, 0.29) is 0 Å². The van der Waals surface area contributed by atoms with Crippen molar-refractivity contribution < 1.29 is 0 Å². The zero-order chi connectivity index (χ0) is 11.4. The second kappa shape index (κ2) is 5.24. The predicted molar refractivity (Wildman–Crippen MR) is 70.7 cm³/mol. The van der Waals surface area contributed by atoms with Crippen molar-refractivity contribution in [1.29, 1.82) is 0 Å². The molecule has 0 radical (unpaired) electrons. The maximum absolute atomic E-state index is 4.37. The summed E-state index contributed by atoms with van der Waals surface area (Å²) in [7, 11) is 0. The molecule has 0 aliphatic rings. The average Bonchev–Trinajstić information content (AvgIpc) is 2.74. The lowest BCUT2D eigenvalue weighted by Gasteiger charge is -2.04. The van der Waals surface area contributed by atoms with E-state index in [4.69, 9.17) is 0 Å². The number of anilines is 1. The lowest BCUT2D eigenvalue weighted by Crippen LogP contribution is -2.06. The Morgan fingerprint density at radius 1 is 1.50 bits per heavy atom. The summed E-state index contributed by atoms with van der Waals surface area (Å²) >= 11 is 2.22. The quantitative estimate of drug-likeness (QED) is 0.873. The highest BCUT2D eigenvalue weighted by Crippen LogP contribution is 2.08. The van der Waals surface area contributed by atoms with Gasteiger partial charge in [-0.05, 0) is 29.0 Å². The Hall–Kier alpha value is -1.18. The number of hydrogen-bond acceptors (Lipinski definition) is 4. The zero-order valence-corrected chi connectivity index (χ0v) is 11.0. The van der Waals surface area contributed by atoms with Crippen molar-refractivity contribution in [3.63, 3.8) is 0 Å². The molecule has 0 bridgehead atoms. The molecule has 0 saturated carbocycles. The van der Waals surface area contributed by atoms with Crippen LogP contribution in [0.25, 0.3) is 5.82 Å². The molecule has 2 rings (SSSR count). The molecular formula is C10H12IN5. The fourth-order valence-corrected chi connectivity index (χ4v) is 1.61. The van der Waals surface area contributed by atoms with Gasteiger partial charge in [0.1, 0.15) is 0 Å². The summed E-state index contributed by atoms with van der Waals surface area (Å²) in [4.78, 5) is 8.51. The summed E-state index contributed by atoms with van der Waals surface area (Å²) in [6.45, 7) is 2.98. The minimum absolute atomic E-state index is 0.643. The minimum Gasteiger partial charge on any atom is -0.354 e. The molecule has 5 nitrogen and oxygen atoms in total. The zero-order valence-electron chi connectivity index (χ0n) is 8.89. The topological polar surface area (TPSA) is 55.6 Å². The maximum atomic E-state index is 4.37. The molecule has 2 aromatic heterocycles. The van der Waals surface area contributed by atoms with Gasteiger partial charge in [0, 0.05) is 25.0 Å². The van der Waals surface area contributed by atoms with Gasteiger partial charge in [-0.25, -0.2) is 9.67 Å². The van der Waals surface area contributed by atoms with Gasteiger partial charge in [0.05, 0.1) is 9.77 Å². The number of nitrogens with one attached hydrogen (secondary N) is 1. The van der Waals surface area contributed by atoms with Crippen molar-refractivity contribution in [2.24, 2.45) is 0 Å². The third-order valence-corrected chi connectivity index (χ3v) is 2.52. The van der Waals surface area contributed by atoms with E-state index in [9.17, 15) is 0 Å². The first-order valence-corrected chi connectivity index (χ1v) is 6.15. The van der Waals surface area contributed by atoms with Crippen LogP contribution in [0.15, 0.2) is 24.7 Å². The van der Waals surface area contributed by atoms with E-state index in [0.29, 0.717) is 5.95 Å². The van der Waals surface area contributed by atoms with Crippen molar-refractivity contribution in [2.45, 2.75) is 13.3 Å². The number of rotatable bonds is 4. The summed E-state index contributed by atoms with van der Waals surface area (Å²) in [6.07, 6.45) is 6.50. The van der Waals surface area contributed by atoms with Gasteiger partial charge in [-0.15, -0.1) is 0 Å². The molecule has 6 heteroatoms. The molecule has 0 aliphatic heterocycles. The molecule has 84 valence electrons. The largest absolute Gasteiger partial charge is 0.354 e. The Morgan fingerprint density at radius 2 is 2.38 bits per heavy atom. The van der Waals surface area contributed by atoms with E-state index < -0.39 is 0 Å². The summed E-state index contributed by atoms with van der Waals surface area (Å²) < 4.78 is 2.82. The van der Waals surface area contributed by atoms with Crippen molar-refractivity contribution in [3.8, 4) is 5.82 Å². The molecule has 0 spiro atoms. The van der Waals surface area contributed by atoms with Crippen LogP contribution < -0.4 is 5.32 Å². The molecule has 2 heterocycles. The Morgan fingerprint density at radius 3 is 3.06 bits per heavy atom. The number of halogens is 1. The Kier molecular flexibility index (Phi) is 3.70. The van der Waals surface area contributed by atoms with E-state index in [1.54, 1.807) is 17.1 Å². The Balaban J connectivity index is 2.22. The summed E-state index contributed by atoms with van der Waals surface area (Å²) in [5.41, 5.74) is 0. The first-order valence-electron chi connectivity index (χ1n) is 5.07. The van der Waals surface area contributed by atoms with Crippen LogP contribution in [0.1, 0.15) is 13.3 Å². The first kappa shape index (κ1) is 11.3. The number of nitrogens with zero attached hydrogens (tertiary/aromatic N) is 4. The number of hydrogen-bond donors (Lipinski definition) is 1. The molecule has 0 aliphatic carbocycles.